The fraction of sp³-hybridized carbons (Fsp3) is 0.462. The molecule has 5 heteroatoms. The first kappa shape index (κ1) is 13.2. The van der Waals surface area contributed by atoms with Crippen LogP contribution in [0.4, 0.5) is 0 Å². The molecule has 18 heavy (non-hydrogen) atoms. The molecule has 0 saturated carbocycles. The van der Waals surface area contributed by atoms with E-state index in [1.165, 1.54) is 4.57 Å². The van der Waals surface area contributed by atoms with Crippen LogP contribution in [0.25, 0.3) is 11.1 Å². The summed E-state index contributed by atoms with van der Waals surface area (Å²) in [4.78, 5) is 13.6. The van der Waals surface area contributed by atoms with Crippen LogP contribution >= 0.6 is 12.6 Å². The molecule has 0 N–H and O–H groups in total. The Labute approximate surface area is 112 Å². The van der Waals surface area contributed by atoms with Crippen molar-refractivity contribution in [3.63, 3.8) is 0 Å². The lowest BCUT2D eigenvalue weighted by atomic mass is 10.0. The van der Waals surface area contributed by atoms with Gasteiger partial charge in [-0.2, -0.15) is 12.6 Å². The Morgan fingerprint density at radius 3 is 2.78 bits per heavy atom. The van der Waals surface area contributed by atoms with E-state index < -0.39 is 0 Å². The largest absolute Gasteiger partial charge is 0.419 e. The van der Waals surface area contributed by atoms with Crippen LogP contribution in [-0.4, -0.2) is 29.3 Å². The highest BCUT2D eigenvalue weighted by molar-refractivity contribution is 7.80. The van der Waals surface area contributed by atoms with Crippen LogP contribution in [0, 0.1) is 0 Å². The molecule has 0 amide bonds. The molecule has 0 saturated heterocycles. The quantitative estimate of drug-likeness (QED) is 0.861. The number of oxazole rings is 1. The number of aryl methyl sites for hydroxylation is 1. The van der Waals surface area contributed by atoms with Crippen molar-refractivity contribution in [2.24, 2.45) is 7.05 Å². The maximum absolute atomic E-state index is 11.5. The van der Waals surface area contributed by atoms with Crippen LogP contribution < -0.4 is 5.76 Å². The van der Waals surface area contributed by atoms with Crippen molar-refractivity contribution in [3.8, 4) is 0 Å². The highest BCUT2D eigenvalue weighted by Gasteiger charge is 2.15. The van der Waals surface area contributed by atoms with Gasteiger partial charge in [0, 0.05) is 13.1 Å². The van der Waals surface area contributed by atoms with E-state index in [1.54, 1.807) is 7.05 Å². The second kappa shape index (κ2) is 5.20. The number of aromatic nitrogens is 1. The molecule has 98 valence electrons. The van der Waals surface area contributed by atoms with Crippen LogP contribution in [0.15, 0.2) is 27.4 Å². The minimum atomic E-state index is -0.322. The zero-order valence-corrected chi connectivity index (χ0v) is 11.8. The molecule has 2 aromatic rings. The summed E-state index contributed by atoms with van der Waals surface area (Å²) in [5, 5.41) is 0. The number of fused-ring (bicyclic) bond motifs is 1. The van der Waals surface area contributed by atoms with Crippen molar-refractivity contribution in [1.82, 2.24) is 9.47 Å². The van der Waals surface area contributed by atoms with Crippen molar-refractivity contribution < 1.29 is 4.42 Å². The van der Waals surface area contributed by atoms with Gasteiger partial charge in [-0.3, -0.25) is 4.57 Å². The summed E-state index contributed by atoms with van der Waals surface area (Å²) in [6.07, 6.45) is 0.957. The molecule has 2 rings (SSSR count). The monoisotopic (exact) mass is 266 g/mol. The molecule has 0 radical (unpaired) electrons. The zero-order valence-electron chi connectivity index (χ0n) is 10.9. The Kier molecular flexibility index (Phi) is 3.82. The Bertz CT molecular complexity index is 601. The molecular formula is C13H18N2O2S. The molecule has 1 atom stereocenters. The van der Waals surface area contributed by atoms with Crippen molar-refractivity contribution in [3.05, 3.63) is 34.3 Å². The Morgan fingerprint density at radius 1 is 1.44 bits per heavy atom. The molecular weight excluding hydrogens is 248 g/mol. The standard InChI is InChI=1S/C13H18N2O2S/c1-14(2)10(6-7-18)9-4-5-11-12(8-9)17-13(16)15(11)3/h4-5,8,10,18H,6-7H2,1-3H3. The van der Waals surface area contributed by atoms with Crippen LogP contribution in [-0.2, 0) is 7.05 Å². The van der Waals surface area contributed by atoms with E-state index in [0.717, 1.165) is 23.3 Å². The SMILES string of the molecule is CN(C)C(CCS)c1ccc2c(c1)oc(=O)n2C. The number of nitrogens with zero attached hydrogens (tertiary/aromatic N) is 2. The lowest BCUT2D eigenvalue weighted by Gasteiger charge is -2.24. The fourth-order valence-electron chi connectivity index (χ4n) is 2.20. The van der Waals surface area contributed by atoms with Gasteiger partial charge < -0.3 is 9.32 Å². The minimum absolute atomic E-state index is 0.289. The second-order valence-electron chi connectivity index (χ2n) is 4.65. The van der Waals surface area contributed by atoms with Gasteiger partial charge >= 0.3 is 5.76 Å². The molecule has 0 aliphatic rings. The van der Waals surface area contributed by atoms with Crippen molar-refractivity contribution >= 4 is 23.7 Å². The summed E-state index contributed by atoms with van der Waals surface area (Å²) < 4.78 is 6.73. The molecule has 4 nitrogen and oxygen atoms in total. The first-order valence-electron chi connectivity index (χ1n) is 5.91. The maximum Gasteiger partial charge on any atom is 0.419 e. The third kappa shape index (κ3) is 2.33. The van der Waals surface area contributed by atoms with Crippen molar-refractivity contribution in [2.75, 3.05) is 19.8 Å². The van der Waals surface area contributed by atoms with Gasteiger partial charge in [-0.1, -0.05) is 6.07 Å². The van der Waals surface area contributed by atoms with Gasteiger partial charge in [-0.05, 0) is 44.0 Å². The smallest absolute Gasteiger partial charge is 0.408 e. The molecule has 0 fully saturated rings. The van der Waals surface area contributed by atoms with Gasteiger partial charge in [0.2, 0.25) is 0 Å². The molecule has 1 heterocycles. The predicted molar refractivity (Wildman–Crippen MR) is 76.4 cm³/mol. The van der Waals surface area contributed by atoms with Crippen molar-refractivity contribution in [2.45, 2.75) is 12.5 Å². The van der Waals surface area contributed by atoms with E-state index >= 15 is 0 Å². The van der Waals surface area contributed by atoms with E-state index in [4.69, 9.17) is 4.42 Å². The van der Waals surface area contributed by atoms with Gasteiger partial charge in [0.05, 0.1) is 5.52 Å². The minimum Gasteiger partial charge on any atom is -0.408 e. The number of rotatable bonds is 4. The maximum atomic E-state index is 11.5. The normalized spacial score (nSPS) is 13.4. The molecule has 1 unspecified atom stereocenters. The lowest BCUT2D eigenvalue weighted by Crippen LogP contribution is -2.20. The second-order valence-corrected chi connectivity index (χ2v) is 5.09. The van der Waals surface area contributed by atoms with Gasteiger partial charge in [0.15, 0.2) is 5.58 Å². The first-order valence-corrected chi connectivity index (χ1v) is 6.54. The number of benzene rings is 1. The van der Waals surface area contributed by atoms with E-state index in [0.29, 0.717) is 5.58 Å². The molecule has 1 aromatic heterocycles. The Hall–Kier alpha value is -1.20. The highest BCUT2D eigenvalue weighted by atomic mass is 32.1. The summed E-state index contributed by atoms with van der Waals surface area (Å²) in [5.41, 5.74) is 2.62. The van der Waals surface area contributed by atoms with Crippen molar-refractivity contribution in [1.29, 1.82) is 0 Å². The number of hydrogen-bond acceptors (Lipinski definition) is 4. The molecule has 0 spiro atoms. The van der Waals surface area contributed by atoms with Crippen LogP contribution in [0.1, 0.15) is 18.0 Å². The Morgan fingerprint density at radius 2 is 2.17 bits per heavy atom. The average molecular weight is 266 g/mol. The molecule has 1 aromatic carbocycles. The third-order valence-corrected chi connectivity index (χ3v) is 3.49. The third-order valence-electron chi connectivity index (χ3n) is 3.23. The summed E-state index contributed by atoms with van der Waals surface area (Å²) in [6, 6.07) is 6.22. The van der Waals surface area contributed by atoms with Gasteiger partial charge in [-0.15, -0.1) is 0 Å². The van der Waals surface area contributed by atoms with Gasteiger partial charge in [0.25, 0.3) is 0 Å². The van der Waals surface area contributed by atoms with Crippen LogP contribution in [0.5, 0.6) is 0 Å². The van der Waals surface area contributed by atoms with E-state index in [1.807, 2.05) is 32.3 Å². The molecule has 0 aliphatic heterocycles. The zero-order chi connectivity index (χ0) is 13.3. The molecule has 0 aliphatic carbocycles. The van der Waals surface area contributed by atoms with Gasteiger partial charge in [-0.25, -0.2) is 4.79 Å². The van der Waals surface area contributed by atoms with Crippen LogP contribution in [0.3, 0.4) is 0 Å². The Balaban J connectivity index is 2.48. The highest BCUT2D eigenvalue weighted by Crippen LogP contribution is 2.25. The average Bonchev–Trinajstić information content (AvgIpc) is 2.61. The topological polar surface area (TPSA) is 38.4 Å². The van der Waals surface area contributed by atoms with Gasteiger partial charge in [0.1, 0.15) is 0 Å². The summed E-state index contributed by atoms with van der Waals surface area (Å²) >= 11 is 4.29. The summed E-state index contributed by atoms with van der Waals surface area (Å²) in [7, 11) is 5.80. The van der Waals surface area contributed by atoms with Crippen LogP contribution in [0.2, 0.25) is 0 Å². The number of thiol groups is 1. The number of hydrogen-bond donors (Lipinski definition) is 1. The van der Waals surface area contributed by atoms with E-state index in [2.05, 4.69) is 17.5 Å². The predicted octanol–water partition coefficient (Wildman–Crippen LogP) is 2.05. The van der Waals surface area contributed by atoms with E-state index in [-0.39, 0.29) is 11.8 Å². The lowest BCUT2D eigenvalue weighted by molar-refractivity contribution is 0.293. The fourth-order valence-corrected chi connectivity index (χ4v) is 2.45. The summed E-state index contributed by atoms with van der Waals surface area (Å²) in [5.74, 6) is 0.498. The summed E-state index contributed by atoms with van der Waals surface area (Å²) in [6.45, 7) is 0. The molecule has 0 bridgehead atoms. The first-order chi connectivity index (χ1) is 8.54. The van der Waals surface area contributed by atoms with E-state index in [9.17, 15) is 4.79 Å².